The molecular formula is C26H27N3. The van der Waals surface area contributed by atoms with Gasteiger partial charge >= 0.3 is 0 Å². The van der Waals surface area contributed by atoms with Crippen molar-refractivity contribution in [2.75, 3.05) is 0 Å². The lowest BCUT2D eigenvalue weighted by Crippen LogP contribution is -2.09. The van der Waals surface area contributed by atoms with Crippen LogP contribution in [0.15, 0.2) is 54.7 Å². The Morgan fingerprint density at radius 3 is 2.31 bits per heavy atom. The van der Waals surface area contributed by atoms with Crippen molar-refractivity contribution in [3.05, 3.63) is 71.7 Å². The summed E-state index contributed by atoms with van der Waals surface area (Å²) in [6, 6.07) is 18.4. The van der Waals surface area contributed by atoms with Gasteiger partial charge < -0.3 is 0 Å². The minimum Gasteiger partial charge on any atom is -0.241 e. The summed E-state index contributed by atoms with van der Waals surface area (Å²) >= 11 is 0. The number of nitrogens with zero attached hydrogens (tertiary/aromatic N) is 3. The Bertz CT molecular complexity index is 992. The van der Waals surface area contributed by atoms with Crippen molar-refractivity contribution in [1.29, 1.82) is 5.26 Å². The molecular weight excluding hydrogens is 354 g/mol. The lowest BCUT2D eigenvalue weighted by Gasteiger charge is -2.21. The number of rotatable bonds is 5. The van der Waals surface area contributed by atoms with Gasteiger partial charge in [0.2, 0.25) is 0 Å². The fraction of sp³-hybridized carbons (Fsp3) is 0.346. The SMILES string of the molecule is Cc1ccc(-c2cnc(CCC3CCCCC3)nc2-c2ccc(C#N)cc2)cc1. The second kappa shape index (κ2) is 9.01. The van der Waals surface area contributed by atoms with E-state index in [0.29, 0.717) is 5.56 Å². The number of benzene rings is 2. The molecule has 0 atom stereocenters. The molecule has 0 bridgehead atoms. The van der Waals surface area contributed by atoms with Crippen LogP contribution in [-0.2, 0) is 6.42 Å². The summed E-state index contributed by atoms with van der Waals surface area (Å²) in [5.41, 5.74) is 6.04. The van der Waals surface area contributed by atoms with Crippen molar-refractivity contribution in [3.63, 3.8) is 0 Å². The van der Waals surface area contributed by atoms with Crippen LogP contribution in [-0.4, -0.2) is 9.97 Å². The lowest BCUT2D eigenvalue weighted by molar-refractivity contribution is 0.337. The van der Waals surface area contributed by atoms with Gasteiger partial charge in [0.15, 0.2) is 0 Å². The highest BCUT2D eigenvalue weighted by Gasteiger charge is 2.16. The molecule has 0 N–H and O–H groups in total. The van der Waals surface area contributed by atoms with Gasteiger partial charge in [-0.1, -0.05) is 74.1 Å². The molecule has 3 nitrogen and oxygen atoms in total. The molecule has 0 radical (unpaired) electrons. The van der Waals surface area contributed by atoms with Crippen LogP contribution in [0.2, 0.25) is 0 Å². The van der Waals surface area contributed by atoms with Gasteiger partial charge in [0.1, 0.15) is 5.82 Å². The summed E-state index contributed by atoms with van der Waals surface area (Å²) in [5.74, 6) is 1.74. The van der Waals surface area contributed by atoms with E-state index in [9.17, 15) is 0 Å². The molecule has 0 saturated heterocycles. The Hall–Kier alpha value is -2.99. The summed E-state index contributed by atoms with van der Waals surface area (Å²) in [6.07, 6.45) is 10.9. The highest BCUT2D eigenvalue weighted by Crippen LogP contribution is 2.32. The van der Waals surface area contributed by atoms with Gasteiger partial charge in [-0.2, -0.15) is 5.26 Å². The Labute approximate surface area is 173 Å². The zero-order valence-electron chi connectivity index (χ0n) is 17.1. The predicted molar refractivity (Wildman–Crippen MR) is 117 cm³/mol. The first-order valence-corrected chi connectivity index (χ1v) is 10.7. The van der Waals surface area contributed by atoms with E-state index in [1.807, 2.05) is 30.5 Å². The zero-order valence-corrected chi connectivity index (χ0v) is 17.1. The molecule has 0 amide bonds. The largest absolute Gasteiger partial charge is 0.241 e. The Kier molecular flexibility index (Phi) is 6.00. The average Bonchev–Trinajstić information content (AvgIpc) is 2.79. The van der Waals surface area contributed by atoms with Crippen molar-refractivity contribution in [2.24, 2.45) is 5.92 Å². The van der Waals surface area contributed by atoms with Gasteiger partial charge in [0, 0.05) is 23.7 Å². The van der Waals surface area contributed by atoms with Crippen LogP contribution in [0.1, 0.15) is 55.5 Å². The van der Waals surface area contributed by atoms with E-state index < -0.39 is 0 Å². The number of hydrogen-bond acceptors (Lipinski definition) is 3. The standard InChI is InChI=1S/C26H27N3/c1-19-7-12-22(13-8-19)24-18-28-25(16-11-20-5-3-2-4-6-20)29-26(24)23-14-9-21(17-27)10-15-23/h7-10,12-15,18,20H,2-6,11,16H2,1H3. The van der Waals surface area contributed by atoms with Crippen LogP contribution >= 0.6 is 0 Å². The highest BCUT2D eigenvalue weighted by molar-refractivity contribution is 5.80. The molecule has 3 heteroatoms. The van der Waals surface area contributed by atoms with Crippen LogP contribution in [0.4, 0.5) is 0 Å². The highest BCUT2D eigenvalue weighted by atomic mass is 14.9. The minimum absolute atomic E-state index is 0.664. The van der Waals surface area contributed by atoms with Gasteiger partial charge in [-0.05, 0) is 37.0 Å². The molecule has 1 saturated carbocycles. The number of nitriles is 1. The first-order valence-electron chi connectivity index (χ1n) is 10.7. The van der Waals surface area contributed by atoms with Gasteiger partial charge in [-0.3, -0.25) is 0 Å². The minimum atomic E-state index is 0.664. The predicted octanol–water partition coefficient (Wildman–Crippen LogP) is 6.50. The fourth-order valence-corrected chi connectivity index (χ4v) is 4.21. The molecule has 4 rings (SSSR count). The van der Waals surface area contributed by atoms with Crippen LogP contribution in [0.3, 0.4) is 0 Å². The molecule has 146 valence electrons. The number of aromatic nitrogens is 2. The molecule has 1 aliphatic rings. The van der Waals surface area contributed by atoms with E-state index in [4.69, 9.17) is 15.2 Å². The van der Waals surface area contributed by atoms with E-state index in [-0.39, 0.29) is 0 Å². The third-order valence-corrected chi connectivity index (χ3v) is 5.99. The monoisotopic (exact) mass is 381 g/mol. The molecule has 29 heavy (non-hydrogen) atoms. The molecule has 2 aromatic carbocycles. The van der Waals surface area contributed by atoms with E-state index in [1.54, 1.807) is 0 Å². The van der Waals surface area contributed by atoms with Crippen molar-refractivity contribution in [1.82, 2.24) is 9.97 Å². The number of hydrogen-bond donors (Lipinski definition) is 0. The smallest absolute Gasteiger partial charge is 0.129 e. The Balaban J connectivity index is 1.66. The van der Waals surface area contributed by atoms with Gasteiger partial charge in [0.05, 0.1) is 17.3 Å². The maximum Gasteiger partial charge on any atom is 0.129 e. The summed E-state index contributed by atoms with van der Waals surface area (Å²) in [7, 11) is 0. The topological polar surface area (TPSA) is 49.6 Å². The van der Waals surface area contributed by atoms with Crippen molar-refractivity contribution < 1.29 is 0 Å². The quantitative estimate of drug-likeness (QED) is 0.506. The molecule has 0 spiro atoms. The second-order valence-corrected chi connectivity index (χ2v) is 8.15. The van der Waals surface area contributed by atoms with Crippen molar-refractivity contribution >= 4 is 0 Å². The van der Waals surface area contributed by atoms with Crippen LogP contribution in [0.5, 0.6) is 0 Å². The summed E-state index contributed by atoms with van der Waals surface area (Å²) in [5, 5.41) is 9.12. The third kappa shape index (κ3) is 4.71. The summed E-state index contributed by atoms with van der Waals surface area (Å²) in [4.78, 5) is 9.71. The van der Waals surface area contributed by atoms with Crippen LogP contribution < -0.4 is 0 Å². The molecule has 0 unspecified atom stereocenters. The maximum atomic E-state index is 9.12. The molecule has 1 fully saturated rings. The van der Waals surface area contributed by atoms with Gasteiger partial charge in [0.25, 0.3) is 0 Å². The maximum absolute atomic E-state index is 9.12. The molecule has 0 aliphatic heterocycles. The summed E-state index contributed by atoms with van der Waals surface area (Å²) in [6.45, 7) is 2.09. The lowest BCUT2D eigenvalue weighted by atomic mass is 9.86. The third-order valence-electron chi connectivity index (χ3n) is 5.99. The van der Waals surface area contributed by atoms with E-state index in [0.717, 1.165) is 40.5 Å². The van der Waals surface area contributed by atoms with Crippen molar-refractivity contribution in [3.8, 4) is 28.5 Å². The second-order valence-electron chi connectivity index (χ2n) is 8.15. The number of aryl methyl sites for hydroxylation is 2. The molecule has 1 aliphatic carbocycles. The van der Waals surface area contributed by atoms with Crippen LogP contribution in [0.25, 0.3) is 22.4 Å². The Morgan fingerprint density at radius 1 is 0.931 bits per heavy atom. The normalized spacial score (nSPS) is 14.5. The van der Waals surface area contributed by atoms with Crippen LogP contribution in [0, 0.1) is 24.2 Å². The van der Waals surface area contributed by atoms with Gasteiger partial charge in [-0.15, -0.1) is 0 Å². The average molecular weight is 382 g/mol. The molecule has 1 heterocycles. The fourth-order valence-electron chi connectivity index (χ4n) is 4.21. The zero-order chi connectivity index (χ0) is 20.1. The van der Waals surface area contributed by atoms with Crippen molar-refractivity contribution in [2.45, 2.75) is 51.9 Å². The first kappa shape index (κ1) is 19.3. The van der Waals surface area contributed by atoms with E-state index >= 15 is 0 Å². The van der Waals surface area contributed by atoms with Gasteiger partial charge in [-0.25, -0.2) is 9.97 Å². The molecule has 3 aromatic rings. The molecule has 1 aromatic heterocycles. The van der Waals surface area contributed by atoms with E-state index in [2.05, 4.69) is 37.3 Å². The van der Waals surface area contributed by atoms with E-state index in [1.165, 1.54) is 44.1 Å². The first-order chi connectivity index (χ1) is 14.2. The Morgan fingerprint density at radius 2 is 1.62 bits per heavy atom. The summed E-state index contributed by atoms with van der Waals surface area (Å²) < 4.78 is 0.